The zero-order valence-corrected chi connectivity index (χ0v) is 10.5. The molecule has 3 nitrogen and oxygen atoms in total. The maximum absolute atomic E-state index is 9.28. The molecular formula is C15H17NO2. The molecule has 18 heavy (non-hydrogen) atoms. The molecule has 94 valence electrons. The summed E-state index contributed by atoms with van der Waals surface area (Å²) >= 11 is 0. The Balaban J connectivity index is 2.31. The average Bonchev–Trinajstić information content (AvgIpc) is 2.38. The first-order chi connectivity index (χ1) is 8.72. The third-order valence-electron chi connectivity index (χ3n) is 2.78. The van der Waals surface area contributed by atoms with Crippen LogP contribution in [0, 0.1) is 0 Å². The molecule has 2 aromatic rings. The summed E-state index contributed by atoms with van der Waals surface area (Å²) in [6, 6.07) is 7.81. The van der Waals surface area contributed by atoms with Crippen LogP contribution in [-0.2, 0) is 6.61 Å². The number of benzene rings is 1. The third-order valence-corrected chi connectivity index (χ3v) is 2.78. The minimum Gasteiger partial charge on any atom is -0.477 e. The van der Waals surface area contributed by atoms with Crippen molar-refractivity contribution in [3.05, 3.63) is 48.2 Å². The van der Waals surface area contributed by atoms with E-state index in [0.29, 0.717) is 12.5 Å². The highest BCUT2D eigenvalue weighted by Gasteiger charge is 2.07. The van der Waals surface area contributed by atoms with Gasteiger partial charge < -0.3 is 9.84 Å². The number of pyridine rings is 1. The van der Waals surface area contributed by atoms with Gasteiger partial charge in [0.1, 0.15) is 0 Å². The molecule has 0 spiro atoms. The van der Waals surface area contributed by atoms with Crippen molar-refractivity contribution in [2.45, 2.75) is 20.0 Å². The van der Waals surface area contributed by atoms with Gasteiger partial charge in [-0.15, -0.1) is 6.58 Å². The van der Waals surface area contributed by atoms with Crippen LogP contribution in [0.3, 0.4) is 0 Å². The Kier molecular flexibility index (Phi) is 3.95. The van der Waals surface area contributed by atoms with E-state index in [0.717, 1.165) is 28.3 Å². The van der Waals surface area contributed by atoms with Gasteiger partial charge in [-0.05, 0) is 18.4 Å². The molecule has 0 saturated heterocycles. The predicted octanol–water partition coefficient (Wildman–Crippen LogP) is 3.07. The predicted molar refractivity (Wildman–Crippen MR) is 72.6 cm³/mol. The van der Waals surface area contributed by atoms with E-state index in [4.69, 9.17) is 4.74 Å². The molecule has 2 rings (SSSR count). The molecule has 0 aliphatic carbocycles. The molecule has 0 amide bonds. The van der Waals surface area contributed by atoms with Crippen molar-refractivity contribution in [3.63, 3.8) is 0 Å². The zero-order chi connectivity index (χ0) is 13.0. The molecule has 0 aliphatic heterocycles. The number of ether oxygens (including phenoxy) is 1. The maximum Gasteiger partial charge on any atom is 0.221 e. The van der Waals surface area contributed by atoms with E-state index in [2.05, 4.69) is 11.6 Å². The van der Waals surface area contributed by atoms with Gasteiger partial charge in [0.25, 0.3) is 0 Å². The molecule has 0 radical (unpaired) electrons. The molecule has 1 aromatic heterocycles. The lowest BCUT2D eigenvalue weighted by molar-refractivity contribution is 0.282. The maximum atomic E-state index is 9.28. The second kappa shape index (κ2) is 5.65. The summed E-state index contributed by atoms with van der Waals surface area (Å²) in [6.45, 7) is 6.38. The first-order valence-electron chi connectivity index (χ1n) is 5.97. The zero-order valence-electron chi connectivity index (χ0n) is 10.5. The van der Waals surface area contributed by atoms with E-state index in [-0.39, 0.29) is 6.61 Å². The number of nitrogens with zero attached hydrogens (tertiary/aromatic N) is 1. The molecule has 0 aliphatic rings. The van der Waals surface area contributed by atoms with Gasteiger partial charge in [-0.2, -0.15) is 0 Å². The van der Waals surface area contributed by atoms with Gasteiger partial charge in [0.2, 0.25) is 5.88 Å². The summed E-state index contributed by atoms with van der Waals surface area (Å²) in [6.07, 6.45) is 2.48. The summed E-state index contributed by atoms with van der Waals surface area (Å²) < 4.78 is 5.68. The smallest absolute Gasteiger partial charge is 0.221 e. The Morgan fingerprint density at radius 2 is 2.06 bits per heavy atom. The first kappa shape index (κ1) is 12.6. The van der Waals surface area contributed by atoms with Gasteiger partial charge in [-0.25, -0.2) is 4.98 Å². The molecule has 0 fully saturated rings. The normalized spacial score (nSPS) is 10.6. The van der Waals surface area contributed by atoms with Crippen LogP contribution in [0.15, 0.2) is 42.6 Å². The number of aromatic nitrogens is 1. The summed E-state index contributed by atoms with van der Waals surface area (Å²) in [5.74, 6) is 0.615. The molecule has 3 heteroatoms. The van der Waals surface area contributed by atoms with Gasteiger partial charge in [0, 0.05) is 23.6 Å². The van der Waals surface area contributed by atoms with Crippen LogP contribution in [-0.4, -0.2) is 16.7 Å². The fraction of sp³-hybridized carbons (Fsp3) is 0.267. The van der Waals surface area contributed by atoms with Crippen LogP contribution >= 0.6 is 0 Å². The van der Waals surface area contributed by atoms with Crippen molar-refractivity contribution in [1.29, 1.82) is 0 Å². The Morgan fingerprint density at radius 1 is 1.33 bits per heavy atom. The quantitative estimate of drug-likeness (QED) is 0.821. The average molecular weight is 243 g/mol. The van der Waals surface area contributed by atoms with Gasteiger partial charge in [-0.3, -0.25) is 0 Å². The number of fused-ring (bicyclic) bond motifs is 1. The Hall–Kier alpha value is -1.87. The molecule has 0 atom stereocenters. The standard InChI is InChI=1S/C15H17NO2/c1-11(2)7-8-18-15-14-6-4-3-5-13(14)12(10-17)9-16-15/h3-6,9,17H,1,7-8,10H2,2H3. The molecule has 0 saturated carbocycles. The van der Waals surface area contributed by atoms with Crippen LogP contribution in [0.1, 0.15) is 18.9 Å². The van der Waals surface area contributed by atoms with Crippen molar-refractivity contribution < 1.29 is 9.84 Å². The van der Waals surface area contributed by atoms with Crippen molar-refractivity contribution in [2.75, 3.05) is 6.61 Å². The van der Waals surface area contributed by atoms with Crippen LogP contribution in [0.4, 0.5) is 0 Å². The lowest BCUT2D eigenvalue weighted by Crippen LogP contribution is -2.01. The molecular weight excluding hydrogens is 226 g/mol. The topological polar surface area (TPSA) is 42.4 Å². The van der Waals surface area contributed by atoms with E-state index >= 15 is 0 Å². The molecule has 1 N–H and O–H groups in total. The number of aliphatic hydroxyl groups is 1. The summed E-state index contributed by atoms with van der Waals surface area (Å²) in [5, 5.41) is 11.2. The monoisotopic (exact) mass is 243 g/mol. The molecule has 1 aromatic carbocycles. The third kappa shape index (κ3) is 2.68. The molecule has 0 bridgehead atoms. The Labute approximate surface area is 107 Å². The highest BCUT2D eigenvalue weighted by Crippen LogP contribution is 2.26. The summed E-state index contributed by atoms with van der Waals surface area (Å²) in [7, 11) is 0. The largest absolute Gasteiger partial charge is 0.477 e. The summed E-state index contributed by atoms with van der Waals surface area (Å²) in [4.78, 5) is 4.26. The van der Waals surface area contributed by atoms with E-state index in [9.17, 15) is 5.11 Å². The van der Waals surface area contributed by atoms with Crippen LogP contribution in [0.5, 0.6) is 5.88 Å². The van der Waals surface area contributed by atoms with E-state index in [1.165, 1.54) is 0 Å². The molecule has 0 unspecified atom stereocenters. The number of hydrogen-bond donors (Lipinski definition) is 1. The lowest BCUT2D eigenvalue weighted by atomic mass is 10.1. The second-order valence-electron chi connectivity index (χ2n) is 4.35. The lowest BCUT2D eigenvalue weighted by Gasteiger charge is -2.10. The van der Waals surface area contributed by atoms with Crippen LogP contribution in [0.2, 0.25) is 0 Å². The van der Waals surface area contributed by atoms with E-state index in [1.54, 1.807) is 6.20 Å². The van der Waals surface area contributed by atoms with Gasteiger partial charge >= 0.3 is 0 Å². The van der Waals surface area contributed by atoms with Crippen molar-refractivity contribution in [1.82, 2.24) is 4.98 Å². The Bertz CT molecular complexity index is 563. The van der Waals surface area contributed by atoms with Gasteiger partial charge in [-0.1, -0.05) is 23.8 Å². The number of aliphatic hydroxyl groups excluding tert-OH is 1. The number of rotatable bonds is 5. The molecule has 1 heterocycles. The highest BCUT2D eigenvalue weighted by molar-refractivity contribution is 5.89. The van der Waals surface area contributed by atoms with Crippen LogP contribution < -0.4 is 4.74 Å². The number of hydrogen-bond acceptors (Lipinski definition) is 3. The van der Waals surface area contributed by atoms with Gasteiger partial charge in [0.15, 0.2) is 0 Å². The SMILES string of the molecule is C=C(C)CCOc1ncc(CO)c2ccccc12. The second-order valence-corrected chi connectivity index (χ2v) is 4.35. The van der Waals surface area contributed by atoms with Crippen molar-refractivity contribution in [2.24, 2.45) is 0 Å². The van der Waals surface area contributed by atoms with Crippen LogP contribution in [0.25, 0.3) is 10.8 Å². The summed E-state index contributed by atoms with van der Waals surface area (Å²) in [5.41, 5.74) is 1.91. The Morgan fingerprint density at radius 3 is 2.72 bits per heavy atom. The fourth-order valence-electron chi connectivity index (χ4n) is 1.79. The van der Waals surface area contributed by atoms with E-state index < -0.39 is 0 Å². The minimum atomic E-state index is -0.0143. The van der Waals surface area contributed by atoms with E-state index in [1.807, 2.05) is 31.2 Å². The minimum absolute atomic E-state index is 0.0143. The van der Waals surface area contributed by atoms with Gasteiger partial charge in [0.05, 0.1) is 13.2 Å². The van der Waals surface area contributed by atoms with Crippen molar-refractivity contribution in [3.8, 4) is 5.88 Å². The highest BCUT2D eigenvalue weighted by atomic mass is 16.5. The first-order valence-corrected chi connectivity index (χ1v) is 5.97. The van der Waals surface area contributed by atoms with Crippen molar-refractivity contribution >= 4 is 10.8 Å². The fourth-order valence-corrected chi connectivity index (χ4v) is 1.79.